The molecule has 0 radical (unpaired) electrons. The van der Waals surface area contributed by atoms with Crippen LogP contribution in [0, 0.1) is 11.3 Å². The number of fused-ring (bicyclic) bond motifs is 7. The van der Waals surface area contributed by atoms with Crippen molar-refractivity contribution in [2.75, 3.05) is 0 Å². The molecule has 3 heterocycles. The summed E-state index contributed by atoms with van der Waals surface area (Å²) in [5.41, 5.74) is 15.2. The van der Waals surface area contributed by atoms with E-state index in [0.717, 1.165) is 99.5 Å². The summed E-state index contributed by atoms with van der Waals surface area (Å²) in [6.07, 6.45) is 0. The van der Waals surface area contributed by atoms with Gasteiger partial charge >= 0.3 is 0 Å². The summed E-state index contributed by atoms with van der Waals surface area (Å²) in [4.78, 5) is 10.6. The van der Waals surface area contributed by atoms with E-state index in [1.54, 1.807) is 0 Å². The van der Waals surface area contributed by atoms with Gasteiger partial charge in [0.2, 0.25) is 0 Å². The number of benzene rings is 9. The lowest BCUT2D eigenvalue weighted by Gasteiger charge is -2.20. The number of rotatable bonds is 7. The van der Waals surface area contributed by atoms with Crippen molar-refractivity contribution >= 4 is 43.7 Å². The third-order valence-electron chi connectivity index (χ3n) is 12.3. The molecular weight excluding hydrogens is 781 g/mol. The van der Waals surface area contributed by atoms with E-state index in [4.69, 9.17) is 14.4 Å². The molecule has 0 unspecified atom stereocenters. The molecule has 64 heavy (non-hydrogen) atoms. The van der Waals surface area contributed by atoms with Gasteiger partial charge in [0.05, 0.1) is 33.5 Å². The second kappa shape index (κ2) is 15.3. The molecule has 0 aliphatic heterocycles. The highest BCUT2D eigenvalue weighted by Crippen LogP contribution is 2.46. The number of para-hydroxylation sites is 2. The minimum absolute atomic E-state index is 0.431. The summed E-state index contributed by atoms with van der Waals surface area (Å²) in [5.74, 6) is 0.528. The van der Waals surface area contributed by atoms with Crippen LogP contribution in [0.1, 0.15) is 5.56 Å². The van der Waals surface area contributed by atoms with E-state index in [1.807, 2.05) is 78.9 Å². The largest absolute Gasteiger partial charge is 0.455 e. The lowest BCUT2D eigenvalue weighted by molar-refractivity contribution is 0.674. The normalized spacial score (nSPS) is 11.4. The van der Waals surface area contributed by atoms with Crippen LogP contribution in [0.3, 0.4) is 0 Å². The van der Waals surface area contributed by atoms with Crippen LogP contribution < -0.4 is 0 Å². The predicted molar refractivity (Wildman–Crippen MR) is 261 cm³/mol. The summed E-state index contributed by atoms with van der Waals surface area (Å²) >= 11 is 0. The van der Waals surface area contributed by atoms with Crippen molar-refractivity contribution in [2.45, 2.75) is 0 Å². The van der Waals surface area contributed by atoms with Crippen LogP contribution in [-0.2, 0) is 0 Å². The van der Waals surface area contributed by atoms with Crippen LogP contribution in [0.5, 0.6) is 0 Å². The lowest BCUT2D eigenvalue weighted by atomic mass is 9.92. The number of hydrogen-bond acceptors (Lipinski definition) is 4. The van der Waals surface area contributed by atoms with Gasteiger partial charge in [-0.2, -0.15) is 5.26 Å². The SMILES string of the molecule is N#Cc1c(-c2ccccc2)nc(-c2cc(-c3ccccc3)c(-n3c4ccccc4c4c5oc6c(-c7ccccc7)cccc6c5ccc43)cc2-c2ccccc2)nc1-c1ccccc1. The lowest BCUT2D eigenvalue weighted by Crippen LogP contribution is -2.04. The minimum atomic E-state index is 0.431. The first-order valence-electron chi connectivity index (χ1n) is 21.4. The minimum Gasteiger partial charge on any atom is -0.455 e. The van der Waals surface area contributed by atoms with Gasteiger partial charge in [0.15, 0.2) is 5.82 Å². The second-order valence-electron chi connectivity index (χ2n) is 15.9. The van der Waals surface area contributed by atoms with E-state index in [9.17, 15) is 5.26 Å². The molecular formula is C59H36N4O. The Morgan fingerprint density at radius 2 is 0.891 bits per heavy atom. The van der Waals surface area contributed by atoms with E-state index in [2.05, 4.69) is 150 Å². The molecule has 9 aromatic carbocycles. The molecule has 0 saturated heterocycles. The Morgan fingerprint density at radius 1 is 0.391 bits per heavy atom. The van der Waals surface area contributed by atoms with Crippen LogP contribution in [-0.4, -0.2) is 14.5 Å². The Labute approximate surface area is 369 Å². The summed E-state index contributed by atoms with van der Waals surface area (Å²) in [6.45, 7) is 0. The molecule has 0 atom stereocenters. The number of hydrogen-bond donors (Lipinski definition) is 0. The number of nitriles is 1. The highest BCUT2D eigenvalue weighted by molar-refractivity contribution is 6.25. The van der Waals surface area contributed by atoms with Crippen molar-refractivity contribution in [2.24, 2.45) is 0 Å². The standard InChI is InChI=1S/C59H36N4O/c60-37-50-55(41-25-12-4-13-26-41)61-59(62-56(50)42-27-14-5-15-28-42)49-35-48(40-23-10-3-11-24-40)53(36-47(49)39-21-8-2-9-22-39)63-51-32-17-16-29-46(51)54-52(63)34-33-45-44-31-18-30-43(57(44)64-58(45)54)38-19-6-1-7-20-38/h1-36H. The van der Waals surface area contributed by atoms with Crippen molar-refractivity contribution in [3.63, 3.8) is 0 Å². The molecule has 298 valence electrons. The smallest absolute Gasteiger partial charge is 0.161 e. The fraction of sp³-hybridized carbons (Fsp3) is 0. The highest BCUT2D eigenvalue weighted by Gasteiger charge is 2.26. The molecule has 0 saturated carbocycles. The van der Waals surface area contributed by atoms with Gasteiger partial charge < -0.3 is 8.98 Å². The first kappa shape index (κ1) is 37.0. The summed E-state index contributed by atoms with van der Waals surface area (Å²) in [5, 5.41) is 15.1. The molecule has 0 aliphatic carbocycles. The van der Waals surface area contributed by atoms with Gasteiger partial charge in [-0.15, -0.1) is 0 Å². The Kier molecular flexibility index (Phi) is 8.81. The average molecular weight is 817 g/mol. The molecule has 0 spiro atoms. The maximum atomic E-state index is 10.8. The third-order valence-corrected chi connectivity index (χ3v) is 12.3. The van der Waals surface area contributed by atoms with Gasteiger partial charge in [-0.05, 0) is 52.6 Å². The first-order chi connectivity index (χ1) is 31.7. The molecule has 0 fully saturated rings. The number of nitrogens with zero attached hydrogens (tertiary/aromatic N) is 4. The van der Waals surface area contributed by atoms with Crippen LogP contribution >= 0.6 is 0 Å². The Hall–Kier alpha value is -8.85. The van der Waals surface area contributed by atoms with E-state index >= 15 is 0 Å². The van der Waals surface area contributed by atoms with Gasteiger partial charge in [-0.1, -0.05) is 188 Å². The monoisotopic (exact) mass is 816 g/mol. The predicted octanol–water partition coefficient (Wildman–Crippen LogP) is 15.3. The van der Waals surface area contributed by atoms with Gasteiger partial charge in [-0.25, -0.2) is 9.97 Å². The van der Waals surface area contributed by atoms with E-state index in [1.165, 1.54) is 0 Å². The van der Waals surface area contributed by atoms with E-state index < -0.39 is 0 Å². The van der Waals surface area contributed by atoms with Gasteiger partial charge in [0.25, 0.3) is 0 Å². The van der Waals surface area contributed by atoms with Crippen LogP contribution in [0.2, 0.25) is 0 Å². The molecule has 5 heteroatoms. The molecule has 0 aliphatic rings. The van der Waals surface area contributed by atoms with Crippen molar-refractivity contribution in [1.82, 2.24) is 14.5 Å². The maximum Gasteiger partial charge on any atom is 0.161 e. The molecule has 3 aromatic heterocycles. The molecule has 0 amide bonds. The molecule has 0 bridgehead atoms. The van der Waals surface area contributed by atoms with Gasteiger partial charge in [-0.3, -0.25) is 0 Å². The zero-order valence-corrected chi connectivity index (χ0v) is 34.5. The van der Waals surface area contributed by atoms with Crippen LogP contribution in [0.25, 0.3) is 117 Å². The summed E-state index contributed by atoms with van der Waals surface area (Å²) < 4.78 is 9.44. The summed E-state index contributed by atoms with van der Waals surface area (Å²) in [6, 6.07) is 77.8. The number of furan rings is 1. The van der Waals surface area contributed by atoms with E-state index in [-0.39, 0.29) is 0 Å². The zero-order chi connectivity index (χ0) is 42.6. The second-order valence-corrected chi connectivity index (χ2v) is 15.9. The third kappa shape index (κ3) is 6.00. The van der Waals surface area contributed by atoms with Crippen molar-refractivity contribution < 1.29 is 4.42 Å². The quantitative estimate of drug-likeness (QED) is 0.161. The Bertz CT molecular complexity index is 3700. The fourth-order valence-corrected chi connectivity index (χ4v) is 9.37. The van der Waals surface area contributed by atoms with Crippen molar-refractivity contribution in [1.29, 1.82) is 5.26 Å². The highest BCUT2D eigenvalue weighted by atomic mass is 16.3. The van der Waals surface area contributed by atoms with Crippen molar-refractivity contribution in [3.8, 4) is 79.0 Å². The fourth-order valence-electron chi connectivity index (χ4n) is 9.37. The summed E-state index contributed by atoms with van der Waals surface area (Å²) in [7, 11) is 0. The van der Waals surface area contributed by atoms with Gasteiger partial charge in [0, 0.05) is 44.0 Å². The molecule has 0 N–H and O–H groups in total. The Balaban J connectivity index is 1.19. The topological polar surface area (TPSA) is 67.6 Å². The first-order valence-corrected chi connectivity index (χ1v) is 21.4. The maximum absolute atomic E-state index is 10.8. The number of aromatic nitrogens is 3. The van der Waals surface area contributed by atoms with Crippen LogP contribution in [0.15, 0.2) is 223 Å². The van der Waals surface area contributed by atoms with Crippen LogP contribution in [0.4, 0.5) is 0 Å². The molecule has 5 nitrogen and oxygen atoms in total. The average Bonchev–Trinajstić information content (AvgIpc) is 3.93. The van der Waals surface area contributed by atoms with E-state index in [0.29, 0.717) is 22.8 Å². The Morgan fingerprint density at radius 3 is 1.48 bits per heavy atom. The molecule has 12 rings (SSSR count). The zero-order valence-electron chi connectivity index (χ0n) is 34.5. The van der Waals surface area contributed by atoms with Crippen molar-refractivity contribution in [3.05, 3.63) is 224 Å². The van der Waals surface area contributed by atoms with Gasteiger partial charge in [0.1, 0.15) is 22.8 Å². The molecule has 12 aromatic rings.